The minimum absolute atomic E-state index is 0. The summed E-state index contributed by atoms with van der Waals surface area (Å²) in [7, 11) is 0. The largest absolute Gasteiger partial charge is 1.00 e. The van der Waals surface area contributed by atoms with E-state index in [9.17, 15) is 24.0 Å². The summed E-state index contributed by atoms with van der Waals surface area (Å²) in [5.41, 5.74) is 8.14. The first-order valence-corrected chi connectivity index (χ1v) is 19.0. The maximum Gasteiger partial charge on any atom is 1.00 e. The molecule has 1 aliphatic carbocycles. The van der Waals surface area contributed by atoms with Crippen LogP contribution in [0.5, 0.6) is 11.5 Å². The zero-order valence-corrected chi connectivity index (χ0v) is 35.0. The fraction of sp³-hybridized carbons (Fsp3) is 0.390. The zero-order valence-electron chi connectivity index (χ0n) is 33.0. The number of nitrogens with zero attached hydrogens (tertiary/aromatic N) is 6. The average Bonchev–Trinajstić information content (AvgIpc) is 3.69. The predicted octanol–water partition coefficient (Wildman–Crippen LogP) is 1.43. The van der Waals surface area contributed by atoms with Crippen LogP contribution in [-0.2, 0) is 24.0 Å². The molecule has 0 radical (unpaired) electrons. The van der Waals surface area contributed by atoms with Crippen LogP contribution in [0.2, 0.25) is 0 Å². The minimum Gasteiger partial charge on any atom is -0.551 e. The van der Waals surface area contributed by atoms with Crippen LogP contribution in [0.4, 0.5) is 11.5 Å². The molecule has 0 bridgehead atoms. The number of nitrogens with one attached hydrogen (secondary N) is 1. The monoisotopic (exact) mass is 803 g/mol. The van der Waals surface area contributed by atoms with E-state index in [1.54, 1.807) is 52.3 Å². The van der Waals surface area contributed by atoms with Crippen LogP contribution in [0.3, 0.4) is 0 Å². The topological polar surface area (TPSA) is 212 Å². The first-order chi connectivity index (χ1) is 27.5. The maximum atomic E-state index is 13.1. The summed E-state index contributed by atoms with van der Waals surface area (Å²) in [5, 5.41) is 23.7. The summed E-state index contributed by atoms with van der Waals surface area (Å²) in [6.45, 7) is 8.10. The van der Waals surface area contributed by atoms with E-state index < -0.39 is 11.9 Å². The normalized spacial score (nSPS) is 18.0. The Hall–Kier alpha value is -5.16. The first-order valence-electron chi connectivity index (χ1n) is 19.0. The van der Waals surface area contributed by atoms with Crippen LogP contribution in [0.25, 0.3) is 16.9 Å². The van der Waals surface area contributed by atoms with Crippen LogP contribution in [0, 0.1) is 18.9 Å². The molecule has 302 valence electrons. The van der Waals surface area contributed by atoms with Crippen molar-refractivity contribution in [2.75, 3.05) is 36.9 Å². The number of carboxylic acids is 1. The number of aromatic nitrogens is 4. The third kappa shape index (κ3) is 13.5. The van der Waals surface area contributed by atoms with Gasteiger partial charge in [0.25, 0.3) is 0 Å². The van der Waals surface area contributed by atoms with Gasteiger partial charge < -0.3 is 32.1 Å². The number of aliphatic carboxylic acids is 1. The molecular formula is C41H48N8NaO8-. The van der Waals surface area contributed by atoms with Gasteiger partial charge in [0, 0.05) is 43.3 Å². The van der Waals surface area contributed by atoms with Gasteiger partial charge in [0.05, 0.1) is 43.2 Å². The SMILES string of the molecule is CC1CCC(N2CCN(c3cnn(-c4cc(-c5ccccc5OC(=O)CCC(=O)O)nnc4N)c3)C(=O)C2)CC1.O=C1CCCC(=O)N1.[CH2-]COc1[c-]cccc1.[Na+]. The molecule has 58 heavy (non-hydrogen) atoms. The van der Waals surface area contributed by atoms with Crippen LogP contribution in [0.1, 0.15) is 64.7 Å². The van der Waals surface area contributed by atoms with E-state index in [2.05, 4.69) is 45.4 Å². The van der Waals surface area contributed by atoms with Crippen molar-refractivity contribution in [3.05, 3.63) is 80.0 Å². The molecule has 17 heteroatoms. The number of hydrogen-bond acceptors (Lipinski definition) is 12. The Morgan fingerprint density at radius 1 is 1.00 bits per heavy atom. The quantitative estimate of drug-likeness (QED) is 0.0682. The fourth-order valence-electron chi connectivity index (χ4n) is 6.59. The Morgan fingerprint density at radius 3 is 2.36 bits per heavy atom. The molecule has 3 aliphatic rings. The number of imide groups is 1. The van der Waals surface area contributed by atoms with Crippen molar-refractivity contribution in [2.24, 2.45) is 5.92 Å². The number of benzene rings is 2. The van der Waals surface area contributed by atoms with Crippen molar-refractivity contribution in [1.82, 2.24) is 30.2 Å². The van der Waals surface area contributed by atoms with Crippen LogP contribution < -0.4 is 55.0 Å². The molecule has 4 heterocycles. The van der Waals surface area contributed by atoms with Crippen LogP contribution in [-0.4, -0.2) is 91.9 Å². The van der Waals surface area contributed by atoms with Gasteiger partial charge in [-0.15, -0.1) is 22.3 Å². The van der Waals surface area contributed by atoms with Gasteiger partial charge in [-0.1, -0.05) is 19.1 Å². The van der Waals surface area contributed by atoms with Crippen LogP contribution >= 0.6 is 0 Å². The predicted molar refractivity (Wildman–Crippen MR) is 210 cm³/mol. The van der Waals surface area contributed by atoms with Gasteiger partial charge in [-0.2, -0.15) is 23.3 Å². The van der Waals surface area contributed by atoms with Crippen molar-refractivity contribution in [3.63, 3.8) is 0 Å². The standard InChI is InChI=1S/C28H33N7O5.C8H8O.C5H7NO2.Na/c1-18-6-8-19(9-7-18)33-12-13-34(25(36)17-33)20-15-30-35(16-20)23-14-22(31-32-28(23)29)21-4-2-3-5-24(21)40-27(39)11-10-26(37)38;1-2-9-8-6-4-3-5-7-8;7-4-2-1-3-5(8)6-4;/h2-5,14-16,18-19H,6-13,17H2,1H3,(H2,29,32)(H,37,38);3-6H,1-2H2;1-3H2,(H,6,7,8);/q;-2;;+1. The average molecular weight is 804 g/mol. The minimum atomic E-state index is -1.08. The number of para-hydroxylation sites is 2. The summed E-state index contributed by atoms with van der Waals surface area (Å²) in [6, 6.07) is 19.3. The third-order valence-electron chi connectivity index (χ3n) is 9.64. The van der Waals surface area contributed by atoms with E-state index >= 15 is 0 Å². The molecule has 3 fully saturated rings. The summed E-state index contributed by atoms with van der Waals surface area (Å²) in [4.78, 5) is 60.8. The molecule has 0 spiro atoms. The van der Waals surface area contributed by atoms with Gasteiger partial charge in [-0.25, -0.2) is 4.68 Å². The number of esters is 1. The second kappa shape index (κ2) is 22.7. The number of hydrogen-bond donors (Lipinski definition) is 3. The Morgan fingerprint density at radius 2 is 1.72 bits per heavy atom. The van der Waals surface area contributed by atoms with Crippen LogP contribution in [0.15, 0.2) is 67.0 Å². The molecule has 4 aromatic rings. The summed E-state index contributed by atoms with van der Waals surface area (Å²) in [5.74, 6) is -0.100. The molecule has 2 aliphatic heterocycles. The molecular weight excluding hydrogens is 755 g/mol. The number of rotatable bonds is 10. The van der Waals surface area contributed by atoms with E-state index in [4.69, 9.17) is 20.3 Å². The molecule has 2 aromatic carbocycles. The maximum absolute atomic E-state index is 13.1. The van der Waals surface area contributed by atoms with Gasteiger partial charge in [0.2, 0.25) is 17.7 Å². The molecule has 2 saturated heterocycles. The molecule has 0 unspecified atom stereocenters. The number of carbonyl (C=O) groups is 5. The number of nitrogens with two attached hydrogens (primary N) is 1. The van der Waals surface area contributed by atoms with Gasteiger partial charge in [-0.3, -0.25) is 34.2 Å². The number of piperidine rings is 1. The van der Waals surface area contributed by atoms with E-state index in [0.717, 1.165) is 31.1 Å². The number of piperazine rings is 1. The third-order valence-corrected chi connectivity index (χ3v) is 9.64. The van der Waals surface area contributed by atoms with E-state index in [1.165, 1.54) is 12.8 Å². The Kier molecular flexibility index (Phi) is 17.8. The Balaban J connectivity index is 0.000000340. The number of carboxylic acid groups (broad SMARTS) is 1. The van der Waals surface area contributed by atoms with Gasteiger partial charge in [-0.05, 0) is 62.8 Å². The van der Waals surface area contributed by atoms with Crippen molar-refractivity contribution in [3.8, 4) is 28.4 Å². The molecule has 1 saturated carbocycles. The van der Waals surface area contributed by atoms with Crippen molar-refractivity contribution >= 4 is 41.2 Å². The van der Waals surface area contributed by atoms with Crippen molar-refractivity contribution in [1.29, 1.82) is 0 Å². The van der Waals surface area contributed by atoms with Crippen molar-refractivity contribution in [2.45, 2.75) is 70.8 Å². The summed E-state index contributed by atoms with van der Waals surface area (Å²) in [6.07, 6.45) is 9.23. The number of carbonyl (C=O) groups excluding carboxylic acids is 4. The number of amides is 3. The smallest absolute Gasteiger partial charge is 0.551 e. The first kappa shape index (κ1) is 45.5. The molecule has 3 amide bonds. The van der Waals surface area contributed by atoms with E-state index in [-0.39, 0.29) is 71.7 Å². The van der Waals surface area contributed by atoms with Gasteiger partial charge >= 0.3 is 41.5 Å². The summed E-state index contributed by atoms with van der Waals surface area (Å²) >= 11 is 0. The molecule has 0 atom stereocenters. The molecule has 16 nitrogen and oxygen atoms in total. The second-order valence-corrected chi connectivity index (χ2v) is 13.8. The summed E-state index contributed by atoms with van der Waals surface area (Å²) < 4.78 is 12.0. The van der Waals surface area contributed by atoms with Crippen molar-refractivity contribution < 1.29 is 68.1 Å². The Labute approximate surface area is 359 Å². The van der Waals surface area contributed by atoms with Gasteiger partial charge in [0.15, 0.2) is 5.82 Å². The molecule has 7 rings (SSSR count). The van der Waals surface area contributed by atoms with E-state index in [1.807, 2.05) is 24.3 Å². The molecule has 4 N–H and O–H groups in total. The number of nitrogen functional groups attached to an aromatic ring is 1. The molecule has 2 aromatic heterocycles. The zero-order chi connectivity index (χ0) is 40.7. The second-order valence-electron chi connectivity index (χ2n) is 13.8. The number of anilines is 2. The fourth-order valence-corrected chi connectivity index (χ4v) is 6.59. The Bertz CT molecular complexity index is 1990. The van der Waals surface area contributed by atoms with E-state index in [0.29, 0.717) is 67.6 Å². The van der Waals surface area contributed by atoms with Gasteiger partial charge in [0.1, 0.15) is 11.4 Å². The number of ether oxygens (including phenoxy) is 2.